The topological polar surface area (TPSA) is 37.8 Å². The van der Waals surface area contributed by atoms with E-state index in [0.29, 0.717) is 17.1 Å². The van der Waals surface area contributed by atoms with E-state index in [2.05, 4.69) is 22.2 Å². The molecule has 2 unspecified atom stereocenters. The minimum Gasteiger partial charge on any atom is -0.367 e. The number of thioether (sulfide) groups is 1. The molecule has 1 N–H and O–H groups in total. The van der Waals surface area contributed by atoms with E-state index in [0.717, 1.165) is 11.0 Å². The van der Waals surface area contributed by atoms with E-state index >= 15 is 0 Å². The third-order valence-corrected chi connectivity index (χ3v) is 4.29. The van der Waals surface area contributed by atoms with Crippen LogP contribution in [0.2, 0.25) is 5.15 Å². The maximum Gasteiger partial charge on any atom is 0.190 e. The van der Waals surface area contributed by atoms with Gasteiger partial charge < -0.3 is 5.32 Å². The van der Waals surface area contributed by atoms with Gasteiger partial charge >= 0.3 is 0 Å². The predicted octanol–water partition coefficient (Wildman–Crippen LogP) is 4.23. The number of nitrogens with one attached hydrogen (secondary N) is 1. The predicted molar refractivity (Wildman–Crippen MR) is 78.5 cm³/mol. The van der Waals surface area contributed by atoms with Crippen molar-refractivity contribution in [2.45, 2.75) is 50.2 Å². The zero-order chi connectivity index (χ0) is 13.0. The molecule has 2 rings (SSSR count). The van der Waals surface area contributed by atoms with Gasteiger partial charge in [-0.05, 0) is 25.0 Å². The molecule has 1 aliphatic rings. The summed E-state index contributed by atoms with van der Waals surface area (Å²) >= 11 is 7.53. The van der Waals surface area contributed by atoms with Crippen LogP contribution in [-0.4, -0.2) is 22.3 Å². The molecular weight excluding hydrogens is 266 g/mol. The molecule has 0 radical (unpaired) electrons. The fourth-order valence-electron chi connectivity index (χ4n) is 2.46. The number of halogens is 1. The molecule has 1 aromatic rings. The summed E-state index contributed by atoms with van der Waals surface area (Å²) in [7, 11) is 0. The average molecular weight is 286 g/mol. The Hall–Kier alpha value is -0.480. The van der Waals surface area contributed by atoms with Crippen LogP contribution in [-0.2, 0) is 0 Å². The molecule has 1 heterocycles. The zero-order valence-electron chi connectivity index (χ0n) is 10.9. The van der Waals surface area contributed by atoms with Gasteiger partial charge in [-0.2, -0.15) is 0 Å². The quantitative estimate of drug-likeness (QED) is 0.390. The van der Waals surface area contributed by atoms with Gasteiger partial charge in [-0.25, -0.2) is 9.97 Å². The van der Waals surface area contributed by atoms with E-state index in [1.807, 2.05) is 12.3 Å². The lowest BCUT2D eigenvalue weighted by Gasteiger charge is -2.23. The van der Waals surface area contributed by atoms with Gasteiger partial charge in [0.15, 0.2) is 5.16 Å². The SMILES string of the molecule is CSc1nc(Cl)cc(NC2CCCCCC2C)n1. The zero-order valence-corrected chi connectivity index (χ0v) is 12.5. The Morgan fingerprint density at radius 3 is 2.83 bits per heavy atom. The third kappa shape index (κ3) is 3.75. The van der Waals surface area contributed by atoms with Gasteiger partial charge in [-0.3, -0.25) is 0 Å². The summed E-state index contributed by atoms with van der Waals surface area (Å²) in [6.07, 6.45) is 8.48. The summed E-state index contributed by atoms with van der Waals surface area (Å²) in [5.74, 6) is 1.55. The smallest absolute Gasteiger partial charge is 0.190 e. The maximum absolute atomic E-state index is 6.01. The highest BCUT2D eigenvalue weighted by Crippen LogP contribution is 2.26. The number of rotatable bonds is 3. The molecule has 2 atom stereocenters. The maximum atomic E-state index is 6.01. The van der Waals surface area contributed by atoms with Crippen LogP contribution in [0.15, 0.2) is 11.2 Å². The van der Waals surface area contributed by atoms with Gasteiger partial charge in [0.1, 0.15) is 11.0 Å². The Balaban J connectivity index is 2.09. The first-order valence-electron chi connectivity index (χ1n) is 6.54. The van der Waals surface area contributed by atoms with Crippen LogP contribution in [0.1, 0.15) is 39.0 Å². The van der Waals surface area contributed by atoms with E-state index in [-0.39, 0.29) is 0 Å². The van der Waals surface area contributed by atoms with Crippen LogP contribution in [0.3, 0.4) is 0 Å². The Kier molecular flexibility index (Phi) is 5.13. The highest BCUT2D eigenvalue weighted by atomic mass is 35.5. The number of hydrogen-bond acceptors (Lipinski definition) is 4. The third-order valence-electron chi connectivity index (χ3n) is 3.55. The Bertz CT molecular complexity index is 400. The number of aromatic nitrogens is 2. The van der Waals surface area contributed by atoms with Crippen molar-refractivity contribution in [1.82, 2.24) is 9.97 Å². The minimum atomic E-state index is 0.508. The van der Waals surface area contributed by atoms with Crippen LogP contribution in [0.4, 0.5) is 5.82 Å². The van der Waals surface area contributed by atoms with Crippen molar-refractivity contribution in [1.29, 1.82) is 0 Å². The highest BCUT2D eigenvalue weighted by Gasteiger charge is 2.20. The van der Waals surface area contributed by atoms with E-state index in [4.69, 9.17) is 11.6 Å². The van der Waals surface area contributed by atoms with E-state index in [1.54, 1.807) is 0 Å². The Labute approximate surface area is 118 Å². The summed E-state index contributed by atoms with van der Waals surface area (Å²) in [6, 6.07) is 2.33. The van der Waals surface area contributed by atoms with Gasteiger partial charge in [0, 0.05) is 12.1 Å². The van der Waals surface area contributed by atoms with Crippen molar-refractivity contribution in [2.75, 3.05) is 11.6 Å². The summed E-state index contributed by atoms with van der Waals surface area (Å²) in [5, 5.41) is 4.78. The number of anilines is 1. The number of nitrogens with zero attached hydrogens (tertiary/aromatic N) is 2. The molecule has 0 aliphatic heterocycles. The summed E-state index contributed by atoms with van der Waals surface area (Å²) in [5.41, 5.74) is 0. The Morgan fingerprint density at radius 1 is 1.28 bits per heavy atom. The lowest BCUT2D eigenvalue weighted by molar-refractivity contribution is 0.455. The van der Waals surface area contributed by atoms with Crippen LogP contribution >= 0.6 is 23.4 Å². The standard InChI is InChI=1S/C13H20ClN3S/c1-9-6-4-3-5-7-10(9)15-12-8-11(14)16-13(17-12)18-2/h8-10H,3-7H2,1-2H3,(H,15,16,17). The molecule has 0 spiro atoms. The molecule has 0 aromatic carbocycles. The molecule has 3 nitrogen and oxygen atoms in total. The second-order valence-electron chi connectivity index (χ2n) is 4.93. The molecule has 5 heteroatoms. The highest BCUT2D eigenvalue weighted by molar-refractivity contribution is 7.98. The first-order valence-corrected chi connectivity index (χ1v) is 8.14. The molecule has 100 valence electrons. The second-order valence-corrected chi connectivity index (χ2v) is 6.09. The van der Waals surface area contributed by atoms with Crippen LogP contribution in [0.25, 0.3) is 0 Å². The lowest BCUT2D eigenvalue weighted by Crippen LogP contribution is -2.26. The molecule has 18 heavy (non-hydrogen) atoms. The van der Waals surface area contributed by atoms with Crippen LogP contribution in [0, 0.1) is 5.92 Å². The van der Waals surface area contributed by atoms with Crippen molar-refractivity contribution in [3.8, 4) is 0 Å². The molecule has 1 saturated carbocycles. The molecular formula is C13H20ClN3S. The first kappa shape index (κ1) is 13.9. The normalized spacial score (nSPS) is 24.6. The molecule has 0 bridgehead atoms. The van der Waals surface area contributed by atoms with Gasteiger partial charge in [-0.1, -0.05) is 49.5 Å². The van der Waals surface area contributed by atoms with Crippen molar-refractivity contribution in [2.24, 2.45) is 5.92 Å². The van der Waals surface area contributed by atoms with E-state index < -0.39 is 0 Å². The summed E-state index contributed by atoms with van der Waals surface area (Å²) < 4.78 is 0. The average Bonchev–Trinajstić information content (AvgIpc) is 2.54. The molecule has 0 saturated heterocycles. The van der Waals surface area contributed by atoms with Crippen LogP contribution in [0.5, 0.6) is 0 Å². The fraction of sp³-hybridized carbons (Fsp3) is 0.692. The monoisotopic (exact) mass is 285 g/mol. The van der Waals surface area contributed by atoms with Gasteiger partial charge in [0.25, 0.3) is 0 Å². The second kappa shape index (κ2) is 6.62. The first-order chi connectivity index (χ1) is 8.69. The summed E-state index contributed by atoms with van der Waals surface area (Å²) in [4.78, 5) is 8.63. The van der Waals surface area contributed by atoms with Crippen LogP contribution < -0.4 is 5.32 Å². The molecule has 1 aliphatic carbocycles. The minimum absolute atomic E-state index is 0.508. The van der Waals surface area contributed by atoms with Crippen molar-refractivity contribution < 1.29 is 0 Å². The molecule has 1 fully saturated rings. The molecule has 1 aromatic heterocycles. The van der Waals surface area contributed by atoms with Crippen molar-refractivity contribution in [3.63, 3.8) is 0 Å². The Morgan fingerprint density at radius 2 is 2.06 bits per heavy atom. The van der Waals surface area contributed by atoms with E-state index in [1.165, 1.54) is 43.9 Å². The lowest BCUT2D eigenvalue weighted by atomic mass is 9.97. The van der Waals surface area contributed by atoms with Gasteiger partial charge in [0.2, 0.25) is 0 Å². The largest absolute Gasteiger partial charge is 0.367 e. The van der Waals surface area contributed by atoms with Gasteiger partial charge in [0.05, 0.1) is 0 Å². The van der Waals surface area contributed by atoms with Gasteiger partial charge in [-0.15, -0.1) is 0 Å². The van der Waals surface area contributed by atoms with E-state index in [9.17, 15) is 0 Å². The summed E-state index contributed by atoms with van der Waals surface area (Å²) in [6.45, 7) is 2.32. The van der Waals surface area contributed by atoms with Crippen molar-refractivity contribution >= 4 is 29.2 Å². The molecule has 0 amide bonds. The number of hydrogen-bond donors (Lipinski definition) is 1. The van der Waals surface area contributed by atoms with Crippen molar-refractivity contribution in [3.05, 3.63) is 11.2 Å². The fourth-order valence-corrected chi connectivity index (χ4v) is 3.07.